The second kappa shape index (κ2) is 3.02. The highest BCUT2D eigenvalue weighted by atomic mass is 16.5. The Hall–Kier alpha value is -0.0800. The van der Waals surface area contributed by atoms with Crippen LogP contribution in [0, 0.1) is 11.3 Å². The van der Waals surface area contributed by atoms with E-state index in [0.29, 0.717) is 11.3 Å². The zero-order chi connectivity index (χ0) is 11.6. The highest BCUT2D eigenvalue weighted by Crippen LogP contribution is 2.63. The molecule has 1 spiro atoms. The van der Waals surface area contributed by atoms with Crippen molar-refractivity contribution >= 4 is 0 Å². The zero-order valence-electron chi connectivity index (χ0n) is 10.8. The minimum Gasteiger partial charge on any atom is -0.393 e. The molecule has 2 nitrogen and oxygen atoms in total. The zero-order valence-corrected chi connectivity index (χ0v) is 10.8. The molecule has 16 heavy (non-hydrogen) atoms. The molecule has 3 fully saturated rings. The van der Waals surface area contributed by atoms with Crippen molar-refractivity contribution < 1.29 is 9.84 Å². The van der Waals surface area contributed by atoms with Crippen LogP contribution in [0.25, 0.3) is 0 Å². The van der Waals surface area contributed by atoms with Crippen molar-refractivity contribution in [2.24, 2.45) is 11.3 Å². The fourth-order valence-electron chi connectivity index (χ4n) is 4.50. The van der Waals surface area contributed by atoms with Gasteiger partial charge in [0.1, 0.15) is 0 Å². The topological polar surface area (TPSA) is 29.5 Å². The lowest BCUT2D eigenvalue weighted by Gasteiger charge is -2.53. The van der Waals surface area contributed by atoms with E-state index in [9.17, 15) is 5.11 Å². The van der Waals surface area contributed by atoms with Gasteiger partial charge in [-0.25, -0.2) is 0 Å². The third kappa shape index (κ3) is 1.26. The maximum absolute atomic E-state index is 9.97. The minimum atomic E-state index is -0.138. The average molecular weight is 224 g/mol. The highest BCUT2D eigenvalue weighted by molar-refractivity contribution is 5.13. The van der Waals surface area contributed by atoms with E-state index in [1.807, 2.05) is 0 Å². The lowest BCUT2D eigenvalue weighted by molar-refractivity contribution is -0.185. The van der Waals surface area contributed by atoms with E-state index in [0.717, 1.165) is 19.3 Å². The first kappa shape index (κ1) is 11.0. The fraction of sp³-hybridized carbons (Fsp3) is 1.00. The van der Waals surface area contributed by atoms with Crippen molar-refractivity contribution in [3.63, 3.8) is 0 Å². The molecule has 1 N–H and O–H groups in total. The molecular formula is C14H24O2. The predicted molar refractivity (Wildman–Crippen MR) is 63.2 cm³/mol. The molecular weight excluding hydrogens is 200 g/mol. The molecule has 0 radical (unpaired) electrons. The van der Waals surface area contributed by atoms with Gasteiger partial charge < -0.3 is 9.84 Å². The summed E-state index contributed by atoms with van der Waals surface area (Å²) in [4.78, 5) is 0. The molecule has 2 aliphatic carbocycles. The van der Waals surface area contributed by atoms with Crippen molar-refractivity contribution in [1.29, 1.82) is 0 Å². The molecule has 1 aliphatic heterocycles. The molecule has 1 saturated heterocycles. The van der Waals surface area contributed by atoms with E-state index in [-0.39, 0.29) is 17.3 Å². The predicted octanol–water partition coefficient (Wildman–Crippen LogP) is 2.89. The van der Waals surface area contributed by atoms with Crippen LogP contribution in [0.4, 0.5) is 0 Å². The van der Waals surface area contributed by atoms with Crippen LogP contribution in [-0.2, 0) is 4.74 Å². The van der Waals surface area contributed by atoms with Crippen molar-refractivity contribution in [2.45, 2.75) is 76.6 Å². The summed E-state index contributed by atoms with van der Waals surface area (Å²) in [6.45, 7) is 6.86. The molecule has 3 aliphatic rings. The first-order chi connectivity index (χ1) is 7.37. The van der Waals surface area contributed by atoms with Crippen LogP contribution in [0.1, 0.15) is 59.3 Å². The van der Waals surface area contributed by atoms with Gasteiger partial charge in [0, 0.05) is 6.42 Å². The summed E-state index contributed by atoms with van der Waals surface area (Å²) in [6, 6.07) is 0. The monoisotopic (exact) mass is 224 g/mol. The summed E-state index contributed by atoms with van der Waals surface area (Å²) < 4.78 is 6.48. The Kier molecular flexibility index (Phi) is 2.09. The van der Waals surface area contributed by atoms with E-state index >= 15 is 0 Å². The molecule has 0 aromatic carbocycles. The van der Waals surface area contributed by atoms with Crippen molar-refractivity contribution in [1.82, 2.24) is 0 Å². The molecule has 0 unspecified atom stereocenters. The molecule has 4 atom stereocenters. The molecule has 1 heterocycles. The Labute approximate surface area is 98.4 Å². The largest absolute Gasteiger partial charge is 0.393 e. The van der Waals surface area contributed by atoms with Crippen LogP contribution in [0.3, 0.4) is 0 Å². The number of aliphatic hydroxyl groups is 1. The van der Waals surface area contributed by atoms with Gasteiger partial charge in [-0.2, -0.15) is 0 Å². The maximum atomic E-state index is 9.97. The van der Waals surface area contributed by atoms with Gasteiger partial charge in [0.25, 0.3) is 0 Å². The van der Waals surface area contributed by atoms with E-state index in [1.165, 1.54) is 19.3 Å². The Morgan fingerprint density at radius 2 is 1.75 bits per heavy atom. The van der Waals surface area contributed by atoms with Gasteiger partial charge in [-0.05, 0) is 57.3 Å². The minimum absolute atomic E-state index is 0.0168. The fourth-order valence-corrected chi connectivity index (χ4v) is 4.50. The Morgan fingerprint density at radius 1 is 1.06 bits per heavy atom. The molecule has 0 aromatic heterocycles. The number of hydrogen-bond acceptors (Lipinski definition) is 2. The molecule has 2 bridgehead atoms. The van der Waals surface area contributed by atoms with Crippen molar-refractivity contribution in [3.8, 4) is 0 Å². The van der Waals surface area contributed by atoms with Crippen LogP contribution >= 0.6 is 0 Å². The molecule has 2 saturated carbocycles. The van der Waals surface area contributed by atoms with Crippen LogP contribution in [0.15, 0.2) is 0 Å². The molecule has 92 valence electrons. The summed E-state index contributed by atoms with van der Waals surface area (Å²) in [5.74, 6) is 0.700. The molecule has 0 amide bonds. The van der Waals surface area contributed by atoms with Gasteiger partial charge in [-0.3, -0.25) is 0 Å². The van der Waals surface area contributed by atoms with Crippen LogP contribution < -0.4 is 0 Å². The number of aliphatic hydroxyl groups excluding tert-OH is 1. The quantitative estimate of drug-likeness (QED) is 0.685. The smallest absolute Gasteiger partial charge is 0.0771 e. The Morgan fingerprint density at radius 3 is 2.50 bits per heavy atom. The first-order valence-electron chi connectivity index (χ1n) is 6.75. The number of rotatable bonds is 0. The van der Waals surface area contributed by atoms with Gasteiger partial charge in [-0.15, -0.1) is 0 Å². The number of fused-ring (bicyclic) bond motifs is 1. The molecule has 0 aromatic rings. The van der Waals surface area contributed by atoms with E-state index in [2.05, 4.69) is 20.8 Å². The normalized spacial score (nSPS) is 54.8. The van der Waals surface area contributed by atoms with Crippen LogP contribution in [-0.4, -0.2) is 22.4 Å². The second-order valence-corrected chi connectivity index (χ2v) is 7.10. The third-order valence-electron chi connectivity index (χ3n) is 5.76. The van der Waals surface area contributed by atoms with Gasteiger partial charge in [0.05, 0.1) is 17.3 Å². The number of ether oxygens (including phenoxy) is 1. The second-order valence-electron chi connectivity index (χ2n) is 7.10. The summed E-state index contributed by atoms with van der Waals surface area (Å²) >= 11 is 0. The molecule has 3 rings (SSSR count). The summed E-state index contributed by atoms with van der Waals surface area (Å²) in [5, 5.41) is 9.97. The highest BCUT2D eigenvalue weighted by Gasteiger charge is 2.63. The van der Waals surface area contributed by atoms with Crippen LogP contribution in [0.2, 0.25) is 0 Å². The van der Waals surface area contributed by atoms with Gasteiger partial charge >= 0.3 is 0 Å². The SMILES string of the molecule is CC1(C)O[C@@]23C[C@@H](O)CC[C@]2(C)CC[C@@H]1C3. The molecule has 2 heteroatoms. The lowest BCUT2D eigenvalue weighted by atomic mass is 9.55. The van der Waals surface area contributed by atoms with Gasteiger partial charge in [0.15, 0.2) is 0 Å². The van der Waals surface area contributed by atoms with Crippen molar-refractivity contribution in [2.75, 3.05) is 0 Å². The van der Waals surface area contributed by atoms with E-state index in [4.69, 9.17) is 4.74 Å². The summed E-state index contributed by atoms with van der Waals surface area (Å²) in [6.07, 6.45) is 6.59. The summed E-state index contributed by atoms with van der Waals surface area (Å²) in [7, 11) is 0. The number of hydrogen-bond donors (Lipinski definition) is 1. The lowest BCUT2D eigenvalue weighted by Crippen LogP contribution is -2.53. The van der Waals surface area contributed by atoms with Crippen molar-refractivity contribution in [3.05, 3.63) is 0 Å². The van der Waals surface area contributed by atoms with Gasteiger partial charge in [-0.1, -0.05) is 6.92 Å². The Balaban J connectivity index is 1.99. The van der Waals surface area contributed by atoms with Crippen LogP contribution in [0.5, 0.6) is 0 Å². The Bertz CT molecular complexity index is 312. The summed E-state index contributed by atoms with van der Waals surface area (Å²) in [5.41, 5.74) is 0.322. The third-order valence-corrected chi connectivity index (χ3v) is 5.76. The standard InChI is InChI=1S/C14H24O2/c1-12(2)10-4-6-13(3)7-5-11(15)9-14(13,8-10)16-12/h10-11,15H,4-9H2,1-3H3/t10-,11+,13+,14+/m1/s1. The van der Waals surface area contributed by atoms with E-state index in [1.54, 1.807) is 0 Å². The van der Waals surface area contributed by atoms with Gasteiger partial charge in [0.2, 0.25) is 0 Å². The average Bonchev–Trinajstić information content (AvgIpc) is 2.39. The van der Waals surface area contributed by atoms with E-state index < -0.39 is 0 Å². The first-order valence-corrected chi connectivity index (χ1v) is 6.75. The maximum Gasteiger partial charge on any atom is 0.0771 e.